The van der Waals surface area contributed by atoms with E-state index in [9.17, 15) is 9.59 Å². The van der Waals surface area contributed by atoms with E-state index in [1.807, 2.05) is 0 Å². The summed E-state index contributed by atoms with van der Waals surface area (Å²) in [5.74, 6) is 0.779. The number of thioether (sulfide) groups is 1. The summed E-state index contributed by atoms with van der Waals surface area (Å²) in [5, 5.41) is 0.222. The molecule has 1 amide bonds. The first-order chi connectivity index (χ1) is 8.13. The van der Waals surface area contributed by atoms with Gasteiger partial charge in [0.05, 0.1) is 0 Å². The fourth-order valence-corrected chi connectivity index (χ4v) is 2.31. The zero-order valence-corrected chi connectivity index (χ0v) is 11.7. The Kier molecular flexibility index (Phi) is 11.6. The van der Waals surface area contributed by atoms with Crippen LogP contribution in [-0.4, -0.2) is 16.8 Å². The van der Waals surface area contributed by atoms with E-state index in [1.54, 1.807) is 6.92 Å². The van der Waals surface area contributed by atoms with Crippen molar-refractivity contribution >= 4 is 22.8 Å². The molecule has 3 nitrogen and oxygen atoms in total. The molecule has 0 aliphatic rings. The number of carbonyl (C=O) groups excluding carboxylic acids is 2. The molecule has 0 fully saturated rings. The average molecular weight is 259 g/mol. The van der Waals surface area contributed by atoms with Crippen LogP contribution in [0.1, 0.15) is 64.7 Å². The van der Waals surface area contributed by atoms with Crippen molar-refractivity contribution in [3.63, 3.8) is 0 Å². The highest BCUT2D eigenvalue weighted by Gasteiger charge is 1.96. The van der Waals surface area contributed by atoms with Crippen molar-refractivity contribution < 1.29 is 9.59 Å². The van der Waals surface area contributed by atoms with Gasteiger partial charge in [-0.1, -0.05) is 50.3 Å². The third kappa shape index (κ3) is 15.5. The van der Waals surface area contributed by atoms with Gasteiger partial charge in [-0.15, -0.1) is 0 Å². The summed E-state index contributed by atoms with van der Waals surface area (Å²) in [6.45, 7) is 1.62. The van der Waals surface area contributed by atoms with Crippen LogP contribution in [0.3, 0.4) is 0 Å². The molecule has 0 aliphatic carbocycles. The largest absolute Gasteiger partial charge is 0.370 e. The Bertz CT molecular complexity index is 197. The van der Waals surface area contributed by atoms with E-state index in [2.05, 4.69) is 0 Å². The fourth-order valence-electron chi connectivity index (χ4n) is 1.68. The van der Waals surface area contributed by atoms with Gasteiger partial charge in [0.2, 0.25) is 5.91 Å². The zero-order chi connectivity index (χ0) is 12.9. The van der Waals surface area contributed by atoms with Crippen molar-refractivity contribution in [1.29, 1.82) is 0 Å². The molecule has 4 heteroatoms. The Hall–Kier alpha value is -0.510. The first-order valence-corrected chi connectivity index (χ1v) is 7.53. The number of unbranched alkanes of at least 4 members (excludes halogenated alkanes) is 7. The van der Waals surface area contributed by atoms with Crippen LogP contribution in [-0.2, 0) is 9.59 Å². The van der Waals surface area contributed by atoms with Gasteiger partial charge in [-0.3, -0.25) is 9.59 Å². The summed E-state index contributed by atoms with van der Waals surface area (Å²) in [5.41, 5.74) is 5.06. The maximum Gasteiger partial charge on any atom is 0.217 e. The van der Waals surface area contributed by atoms with E-state index in [4.69, 9.17) is 5.73 Å². The normalized spacial score (nSPS) is 10.4. The Morgan fingerprint density at radius 2 is 1.35 bits per heavy atom. The molecule has 0 aliphatic heterocycles. The Morgan fingerprint density at radius 1 is 0.882 bits per heavy atom. The Balaban J connectivity index is 2.98. The quantitative estimate of drug-likeness (QED) is 0.579. The minimum absolute atomic E-state index is 0.187. The van der Waals surface area contributed by atoms with Crippen LogP contribution < -0.4 is 5.73 Å². The van der Waals surface area contributed by atoms with Gasteiger partial charge < -0.3 is 5.73 Å². The lowest BCUT2D eigenvalue weighted by Crippen LogP contribution is -2.09. The molecule has 0 spiro atoms. The number of hydrogen-bond donors (Lipinski definition) is 1. The van der Waals surface area contributed by atoms with Crippen LogP contribution in [0.5, 0.6) is 0 Å². The van der Waals surface area contributed by atoms with Crippen molar-refractivity contribution in [2.75, 3.05) is 5.75 Å². The van der Waals surface area contributed by atoms with Crippen LogP contribution in [0.25, 0.3) is 0 Å². The van der Waals surface area contributed by atoms with Gasteiger partial charge in [-0.2, -0.15) is 0 Å². The molecule has 0 bridgehead atoms. The molecule has 17 heavy (non-hydrogen) atoms. The Morgan fingerprint density at radius 3 is 1.82 bits per heavy atom. The van der Waals surface area contributed by atoms with Crippen LogP contribution in [0.2, 0.25) is 0 Å². The fraction of sp³-hybridized carbons (Fsp3) is 0.846. The van der Waals surface area contributed by atoms with Gasteiger partial charge in [-0.05, 0) is 12.8 Å². The molecule has 0 aromatic heterocycles. The second-order valence-corrected chi connectivity index (χ2v) is 5.66. The van der Waals surface area contributed by atoms with E-state index >= 15 is 0 Å². The molecule has 100 valence electrons. The Labute approximate surface area is 109 Å². The van der Waals surface area contributed by atoms with Gasteiger partial charge in [-0.25, -0.2) is 0 Å². The molecule has 0 unspecified atom stereocenters. The smallest absolute Gasteiger partial charge is 0.217 e. The predicted molar refractivity (Wildman–Crippen MR) is 73.9 cm³/mol. The number of amides is 1. The third-order valence-electron chi connectivity index (χ3n) is 2.62. The van der Waals surface area contributed by atoms with Gasteiger partial charge in [0.15, 0.2) is 5.12 Å². The standard InChI is InChI=1S/C13H25NO2S/c1-12(15)17-11-9-7-5-3-2-4-6-8-10-13(14)16/h2-11H2,1H3,(H2,14,16). The number of nitrogens with two attached hydrogens (primary N) is 1. The van der Waals surface area contributed by atoms with Crippen molar-refractivity contribution in [2.24, 2.45) is 5.73 Å². The maximum absolute atomic E-state index is 10.7. The monoisotopic (exact) mass is 259 g/mol. The minimum atomic E-state index is -0.187. The second kappa shape index (κ2) is 12.0. The van der Waals surface area contributed by atoms with Crippen molar-refractivity contribution in [2.45, 2.75) is 64.7 Å². The van der Waals surface area contributed by atoms with Crippen LogP contribution in [0, 0.1) is 0 Å². The number of primary amides is 1. The molecule has 0 rings (SSSR count). The van der Waals surface area contributed by atoms with Gasteiger partial charge in [0.1, 0.15) is 0 Å². The molecule has 2 N–H and O–H groups in total. The van der Waals surface area contributed by atoms with E-state index in [0.29, 0.717) is 6.42 Å². The van der Waals surface area contributed by atoms with Gasteiger partial charge >= 0.3 is 0 Å². The van der Waals surface area contributed by atoms with Crippen molar-refractivity contribution in [1.82, 2.24) is 0 Å². The first-order valence-electron chi connectivity index (χ1n) is 6.54. The predicted octanol–water partition coefficient (Wildman–Crippen LogP) is 3.26. The van der Waals surface area contributed by atoms with E-state index in [0.717, 1.165) is 25.0 Å². The summed E-state index contributed by atoms with van der Waals surface area (Å²) >= 11 is 1.43. The average Bonchev–Trinajstić information content (AvgIpc) is 2.25. The van der Waals surface area contributed by atoms with E-state index < -0.39 is 0 Å². The molecule has 0 aromatic rings. The SMILES string of the molecule is CC(=O)SCCCCCCCCCCC(N)=O. The molecule has 0 saturated heterocycles. The maximum atomic E-state index is 10.7. The summed E-state index contributed by atoms with van der Waals surface area (Å²) < 4.78 is 0. The summed E-state index contributed by atoms with van der Waals surface area (Å²) in [4.78, 5) is 21.1. The van der Waals surface area contributed by atoms with Crippen molar-refractivity contribution in [3.8, 4) is 0 Å². The van der Waals surface area contributed by atoms with E-state index in [1.165, 1.54) is 43.9 Å². The molecule has 0 radical (unpaired) electrons. The molecular formula is C13H25NO2S. The lowest BCUT2D eigenvalue weighted by atomic mass is 10.1. The van der Waals surface area contributed by atoms with Gasteiger partial charge in [0, 0.05) is 19.1 Å². The van der Waals surface area contributed by atoms with Crippen LogP contribution in [0.4, 0.5) is 0 Å². The summed E-state index contributed by atoms with van der Waals surface area (Å²) in [7, 11) is 0. The van der Waals surface area contributed by atoms with Crippen molar-refractivity contribution in [3.05, 3.63) is 0 Å². The zero-order valence-electron chi connectivity index (χ0n) is 10.9. The first kappa shape index (κ1) is 16.5. The molecule has 0 atom stereocenters. The number of hydrogen-bond acceptors (Lipinski definition) is 3. The third-order valence-corrected chi connectivity index (χ3v) is 3.52. The summed E-state index contributed by atoms with van der Waals surface area (Å²) in [6.07, 6.45) is 9.92. The summed E-state index contributed by atoms with van der Waals surface area (Å²) in [6, 6.07) is 0. The molecule has 0 heterocycles. The van der Waals surface area contributed by atoms with Gasteiger partial charge in [0.25, 0.3) is 0 Å². The second-order valence-electron chi connectivity index (χ2n) is 4.38. The molecule has 0 aromatic carbocycles. The highest BCUT2D eigenvalue weighted by molar-refractivity contribution is 8.13. The topological polar surface area (TPSA) is 60.2 Å². The minimum Gasteiger partial charge on any atom is -0.370 e. The highest BCUT2D eigenvalue weighted by atomic mass is 32.2. The van der Waals surface area contributed by atoms with Crippen LogP contribution in [0.15, 0.2) is 0 Å². The molecular weight excluding hydrogens is 234 g/mol. The van der Waals surface area contributed by atoms with Crippen LogP contribution >= 0.6 is 11.8 Å². The molecule has 0 saturated carbocycles. The number of carbonyl (C=O) groups is 2. The highest BCUT2D eigenvalue weighted by Crippen LogP contribution is 2.11. The number of rotatable bonds is 11. The lowest BCUT2D eigenvalue weighted by molar-refractivity contribution is -0.118. The lowest BCUT2D eigenvalue weighted by Gasteiger charge is -2.01. The van der Waals surface area contributed by atoms with E-state index in [-0.39, 0.29) is 11.0 Å².